The van der Waals surface area contributed by atoms with Gasteiger partial charge in [-0.15, -0.1) is 5.10 Å². The number of nitrogen functional groups attached to an aromatic ring is 1. The number of nitrogens with two attached hydrogens (primary N) is 1. The summed E-state index contributed by atoms with van der Waals surface area (Å²) in [6.45, 7) is 1.67. The lowest BCUT2D eigenvalue weighted by Crippen LogP contribution is -2.33. The van der Waals surface area contributed by atoms with Crippen molar-refractivity contribution >= 4 is 11.4 Å². The van der Waals surface area contributed by atoms with Crippen molar-refractivity contribution in [3.8, 4) is 11.3 Å². The van der Waals surface area contributed by atoms with Crippen LogP contribution in [0, 0.1) is 0 Å². The van der Waals surface area contributed by atoms with Crippen LogP contribution in [0.15, 0.2) is 24.4 Å². The Bertz CT molecular complexity index is 576. The van der Waals surface area contributed by atoms with Crippen molar-refractivity contribution in [3.05, 3.63) is 24.4 Å². The van der Waals surface area contributed by atoms with Crippen LogP contribution in [-0.2, 0) is 11.8 Å². The van der Waals surface area contributed by atoms with Gasteiger partial charge in [-0.2, -0.15) is 0 Å². The first kappa shape index (κ1) is 12.0. The lowest BCUT2D eigenvalue weighted by molar-refractivity contribution is -0.0410. The molecule has 1 unspecified atom stereocenters. The van der Waals surface area contributed by atoms with E-state index in [4.69, 9.17) is 10.5 Å². The summed E-state index contributed by atoms with van der Waals surface area (Å²) in [5.41, 5.74) is 9.49. The monoisotopic (exact) mass is 259 g/mol. The van der Waals surface area contributed by atoms with Gasteiger partial charge in [-0.3, -0.25) is 4.68 Å². The Kier molecular flexibility index (Phi) is 3.08. The molecule has 0 radical (unpaired) electrons. The summed E-state index contributed by atoms with van der Waals surface area (Å²) in [4.78, 5) is 0. The van der Waals surface area contributed by atoms with E-state index >= 15 is 0 Å². The minimum absolute atomic E-state index is 0.319. The van der Waals surface area contributed by atoms with Gasteiger partial charge in [-0.25, -0.2) is 0 Å². The van der Waals surface area contributed by atoms with Gasteiger partial charge in [0.25, 0.3) is 0 Å². The number of ether oxygens (including phenoxy) is 1. The quantitative estimate of drug-likeness (QED) is 0.808. The van der Waals surface area contributed by atoms with Gasteiger partial charge in [-0.05, 0) is 18.6 Å². The van der Waals surface area contributed by atoms with Gasteiger partial charge < -0.3 is 15.8 Å². The molecule has 1 atom stereocenters. The third-order valence-corrected chi connectivity index (χ3v) is 3.26. The number of hydrogen-bond donors (Lipinski definition) is 2. The van der Waals surface area contributed by atoms with Crippen molar-refractivity contribution in [1.29, 1.82) is 0 Å². The third-order valence-electron chi connectivity index (χ3n) is 3.26. The molecule has 3 rings (SSSR count). The topological polar surface area (TPSA) is 78.0 Å². The van der Waals surface area contributed by atoms with Crippen LogP contribution in [0.5, 0.6) is 0 Å². The van der Waals surface area contributed by atoms with E-state index in [0.29, 0.717) is 11.8 Å². The van der Waals surface area contributed by atoms with Gasteiger partial charge in [0, 0.05) is 25.8 Å². The van der Waals surface area contributed by atoms with E-state index in [-0.39, 0.29) is 0 Å². The molecule has 0 aliphatic carbocycles. The minimum Gasteiger partial charge on any atom is -0.397 e. The predicted octanol–water partition coefficient (Wildman–Crippen LogP) is 1.27. The molecule has 0 spiro atoms. The summed E-state index contributed by atoms with van der Waals surface area (Å²) >= 11 is 0. The van der Waals surface area contributed by atoms with Gasteiger partial charge in [0.2, 0.25) is 0 Å². The number of aromatic nitrogens is 3. The van der Waals surface area contributed by atoms with Crippen LogP contribution in [0.25, 0.3) is 11.3 Å². The largest absolute Gasteiger partial charge is 0.397 e. The summed E-state index contributed by atoms with van der Waals surface area (Å²) < 4.78 is 7.04. The second-order valence-electron chi connectivity index (χ2n) is 4.74. The summed E-state index contributed by atoms with van der Waals surface area (Å²) in [5.74, 6) is 0. The molecule has 1 fully saturated rings. The zero-order chi connectivity index (χ0) is 13.2. The van der Waals surface area contributed by atoms with E-state index in [0.717, 1.165) is 36.5 Å². The molecule has 1 aromatic carbocycles. The molecule has 100 valence electrons. The summed E-state index contributed by atoms with van der Waals surface area (Å²) in [6, 6.07) is 5.87. The number of rotatable bonds is 4. The molecule has 19 heavy (non-hydrogen) atoms. The van der Waals surface area contributed by atoms with Crippen molar-refractivity contribution in [1.82, 2.24) is 15.0 Å². The molecule has 1 saturated heterocycles. The summed E-state index contributed by atoms with van der Waals surface area (Å²) in [6.07, 6.45) is 3.30. The Labute approximate surface area is 111 Å². The molecule has 0 bridgehead atoms. The van der Waals surface area contributed by atoms with E-state index in [9.17, 15) is 0 Å². The minimum atomic E-state index is 0.319. The second-order valence-corrected chi connectivity index (χ2v) is 4.74. The van der Waals surface area contributed by atoms with Crippen LogP contribution in [0.3, 0.4) is 0 Å². The Morgan fingerprint density at radius 2 is 2.37 bits per heavy atom. The number of aryl methyl sites for hydroxylation is 1. The van der Waals surface area contributed by atoms with Crippen LogP contribution in [0.4, 0.5) is 11.4 Å². The van der Waals surface area contributed by atoms with Crippen molar-refractivity contribution in [3.63, 3.8) is 0 Å². The van der Waals surface area contributed by atoms with Gasteiger partial charge in [0.1, 0.15) is 5.69 Å². The summed E-state index contributed by atoms with van der Waals surface area (Å²) in [5, 5.41) is 11.3. The van der Waals surface area contributed by atoms with Crippen molar-refractivity contribution in [2.75, 3.05) is 24.2 Å². The van der Waals surface area contributed by atoms with Crippen molar-refractivity contribution in [2.45, 2.75) is 12.5 Å². The smallest absolute Gasteiger partial charge is 0.113 e. The number of anilines is 2. The molecule has 0 amide bonds. The highest BCUT2D eigenvalue weighted by Gasteiger charge is 2.17. The predicted molar refractivity (Wildman–Crippen MR) is 73.7 cm³/mol. The number of hydrogen-bond acceptors (Lipinski definition) is 5. The van der Waals surface area contributed by atoms with E-state index in [1.54, 1.807) is 4.68 Å². The van der Waals surface area contributed by atoms with Crippen LogP contribution in [-0.4, -0.2) is 34.2 Å². The first-order valence-corrected chi connectivity index (χ1v) is 6.34. The van der Waals surface area contributed by atoms with Gasteiger partial charge in [-0.1, -0.05) is 11.3 Å². The molecule has 1 aliphatic heterocycles. The highest BCUT2D eigenvalue weighted by atomic mass is 16.5. The second kappa shape index (κ2) is 4.89. The molecule has 1 aromatic heterocycles. The molecule has 6 nitrogen and oxygen atoms in total. The lowest BCUT2D eigenvalue weighted by atomic mass is 10.1. The Morgan fingerprint density at radius 3 is 2.95 bits per heavy atom. The first-order valence-electron chi connectivity index (χ1n) is 6.34. The lowest BCUT2D eigenvalue weighted by Gasteiger charge is -2.27. The van der Waals surface area contributed by atoms with Gasteiger partial charge >= 0.3 is 0 Å². The number of nitrogens with one attached hydrogen (secondary N) is 1. The Morgan fingerprint density at radius 1 is 1.53 bits per heavy atom. The molecule has 3 N–H and O–H groups in total. The fourth-order valence-electron chi connectivity index (χ4n) is 2.03. The molecule has 2 aromatic rings. The van der Waals surface area contributed by atoms with Crippen molar-refractivity contribution in [2.24, 2.45) is 7.05 Å². The fourth-order valence-corrected chi connectivity index (χ4v) is 2.03. The standard InChI is InChI=1S/C13H17N5O/c1-18-8-13(16-17-18)9-2-3-12(11(14)6-9)15-7-10-4-5-19-10/h2-3,6,8,10,15H,4-5,7,14H2,1H3. The van der Waals surface area contributed by atoms with Crippen molar-refractivity contribution < 1.29 is 4.74 Å². The number of nitrogens with zero attached hydrogens (tertiary/aromatic N) is 3. The average molecular weight is 259 g/mol. The maximum absolute atomic E-state index is 6.05. The van der Waals surface area contributed by atoms with Gasteiger partial charge in [0.05, 0.1) is 23.7 Å². The van der Waals surface area contributed by atoms with E-state index in [1.165, 1.54) is 0 Å². The average Bonchev–Trinajstić information content (AvgIpc) is 2.76. The SMILES string of the molecule is Cn1cc(-c2ccc(NCC3CCO3)c(N)c2)nn1. The van der Waals surface area contributed by atoms with Crippen LogP contribution >= 0.6 is 0 Å². The molecular formula is C13H17N5O. The van der Waals surface area contributed by atoms with Crippen LogP contribution < -0.4 is 11.1 Å². The highest BCUT2D eigenvalue weighted by Crippen LogP contribution is 2.26. The van der Waals surface area contributed by atoms with E-state index < -0.39 is 0 Å². The van der Waals surface area contributed by atoms with E-state index in [1.807, 2.05) is 31.4 Å². The zero-order valence-electron chi connectivity index (χ0n) is 10.8. The molecule has 1 aliphatic rings. The zero-order valence-corrected chi connectivity index (χ0v) is 10.8. The third kappa shape index (κ3) is 2.53. The highest BCUT2D eigenvalue weighted by molar-refractivity contribution is 5.74. The Hall–Kier alpha value is -2.08. The van der Waals surface area contributed by atoms with Crippen LogP contribution in [0.1, 0.15) is 6.42 Å². The molecular weight excluding hydrogens is 242 g/mol. The normalized spacial score (nSPS) is 18.1. The maximum atomic E-state index is 6.05. The fraction of sp³-hybridized carbons (Fsp3) is 0.385. The van der Waals surface area contributed by atoms with Crippen LogP contribution in [0.2, 0.25) is 0 Å². The Balaban J connectivity index is 1.73. The first-order chi connectivity index (χ1) is 9.22. The molecule has 2 heterocycles. The van der Waals surface area contributed by atoms with Gasteiger partial charge in [0.15, 0.2) is 0 Å². The number of benzene rings is 1. The van der Waals surface area contributed by atoms with E-state index in [2.05, 4.69) is 15.6 Å². The maximum Gasteiger partial charge on any atom is 0.113 e. The summed E-state index contributed by atoms with van der Waals surface area (Å²) in [7, 11) is 1.84. The molecule has 6 heteroatoms. The molecule has 0 saturated carbocycles.